The van der Waals surface area contributed by atoms with Crippen molar-refractivity contribution in [1.82, 2.24) is 0 Å². The molecular weight excluding hydrogens is 268 g/mol. The second-order valence-electron chi connectivity index (χ2n) is 3.62. The van der Waals surface area contributed by atoms with Crippen molar-refractivity contribution >= 4 is 34.4 Å². The molecule has 0 aliphatic heterocycles. The number of thiophene rings is 1. The lowest BCUT2D eigenvalue weighted by molar-refractivity contribution is -0.383. The van der Waals surface area contributed by atoms with Gasteiger partial charge in [-0.25, -0.2) is 4.79 Å². The van der Waals surface area contributed by atoms with Crippen molar-refractivity contribution in [2.24, 2.45) is 0 Å². The Kier molecular flexibility index (Phi) is 3.76. The quantitative estimate of drug-likeness (QED) is 0.527. The Morgan fingerprint density at radius 1 is 1.42 bits per heavy atom. The molecule has 0 bridgehead atoms. The van der Waals surface area contributed by atoms with E-state index < -0.39 is 10.9 Å². The molecule has 0 radical (unpaired) electrons. The van der Waals surface area contributed by atoms with Crippen LogP contribution in [0.5, 0.6) is 0 Å². The highest BCUT2D eigenvalue weighted by Gasteiger charge is 2.17. The van der Waals surface area contributed by atoms with E-state index in [9.17, 15) is 14.9 Å². The van der Waals surface area contributed by atoms with Gasteiger partial charge >= 0.3 is 5.97 Å². The molecule has 0 spiro atoms. The molecule has 7 heteroatoms. The van der Waals surface area contributed by atoms with E-state index in [1.807, 2.05) is 10.8 Å². The third-order valence-corrected chi connectivity index (χ3v) is 3.10. The zero-order chi connectivity index (χ0) is 13.8. The molecule has 0 aliphatic rings. The van der Waals surface area contributed by atoms with Crippen molar-refractivity contribution in [1.29, 1.82) is 0 Å². The first-order valence-electron chi connectivity index (χ1n) is 5.28. The number of hydrogen-bond donors (Lipinski definition) is 1. The van der Waals surface area contributed by atoms with Crippen LogP contribution in [0.2, 0.25) is 0 Å². The molecule has 98 valence electrons. The lowest BCUT2D eigenvalue weighted by Gasteiger charge is -2.07. The molecule has 1 aromatic carbocycles. The fourth-order valence-electron chi connectivity index (χ4n) is 1.53. The molecule has 6 nitrogen and oxygen atoms in total. The first-order valence-corrected chi connectivity index (χ1v) is 6.22. The maximum Gasteiger partial charge on any atom is 0.337 e. The maximum atomic E-state index is 11.4. The number of benzene rings is 1. The largest absolute Gasteiger partial charge is 0.465 e. The molecule has 0 fully saturated rings. The summed E-state index contributed by atoms with van der Waals surface area (Å²) in [4.78, 5) is 21.9. The predicted octanol–water partition coefficient (Wildman–Crippen LogP) is 3.19. The molecule has 1 N–H and O–H groups in total. The number of nitro benzene ring substituents is 1. The molecule has 2 aromatic rings. The molecule has 2 rings (SSSR count). The molecule has 0 amide bonds. The van der Waals surface area contributed by atoms with E-state index in [1.54, 1.807) is 6.07 Å². The SMILES string of the molecule is COC(=O)c1ccc([N+](=O)[O-])c(Nc2ccsc2)c1. The summed E-state index contributed by atoms with van der Waals surface area (Å²) in [6, 6.07) is 5.84. The molecule has 1 aromatic heterocycles. The Morgan fingerprint density at radius 2 is 2.21 bits per heavy atom. The van der Waals surface area contributed by atoms with E-state index in [-0.39, 0.29) is 16.9 Å². The summed E-state index contributed by atoms with van der Waals surface area (Å²) in [6.45, 7) is 0. The van der Waals surface area contributed by atoms with Crippen molar-refractivity contribution in [3.05, 3.63) is 50.7 Å². The lowest BCUT2D eigenvalue weighted by Crippen LogP contribution is -2.03. The van der Waals surface area contributed by atoms with Crippen LogP contribution in [0.15, 0.2) is 35.0 Å². The van der Waals surface area contributed by atoms with Gasteiger partial charge in [-0.2, -0.15) is 11.3 Å². The van der Waals surface area contributed by atoms with Gasteiger partial charge in [0.2, 0.25) is 0 Å². The number of ether oxygens (including phenoxy) is 1. The molecular formula is C12H10N2O4S. The average molecular weight is 278 g/mol. The first-order chi connectivity index (χ1) is 9.11. The summed E-state index contributed by atoms with van der Waals surface area (Å²) in [5.41, 5.74) is 1.14. The summed E-state index contributed by atoms with van der Waals surface area (Å²) >= 11 is 1.46. The number of nitrogens with zero attached hydrogens (tertiary/aromatic N) is 1. The van der Waals surface area contributed by atoms with Crippen molar-refractivity contribution in [3.63, 3.8) is 0 Å². The van der Waals surface area contributed by atoms with E-state index in [4.69, 9.17) is 0 Å². The third kappa shape index (κ3) is 2.89. The summed E-state index contributed by atoms with van der Waals surface area (Å²) in [5.74, 6) is -0.539. The number of nitrogens with one attached hydrogen (secondary N) is 1. The number of nitro groups is 1. The van der Waals surface area contributed by atoms with E-state index >= 15 is 0 Å². The normalized spacial score (nSPS) is 9.95. The van der Waals surface area contributed by atoms with E-state index in [0.29, 0.717) is 0 Å². The minimum absolute atomic E-state index is 0.0983. The highest BCUT2D eigenvalue weighted by Crippen LogP contribution is 2.29. The maximum absolute atomic E-state index is 11.4. The Balaban J connectivity index is 2.41. The number of rotatable bonds is 4. The minimum atomic E-state index is -0.539. The van der Waals surface area contributed by atoms with Crippen molar-refractivity contribution in [2.75, 3.05) is 12.4 Å². The highest BCUT2D eigenvalue weighted by molar-refractivity contribution is 7.08. The number of anilines is 2. The van der Waals surface area contributed by atoms with Crippen LogP contribution in [-0.4, -0.2) is 18.0 Å². The second-order valence-corrected chi connectivity index (χ2v) is 4.40. The van der Waals surface area contributed by atoms with Gasteiger partial charge in [0, 0.05) is 17.1 Å². The Morgan fingerprint density at radius 3 is 2.79 bits per heavy atom. The lowest BCUT2D eigenvalue weighted by atomic mass is 10.1. The topological polar surface area (TPSA) is 81.5 Å². The van der Waals surface area contributed by atoms with E-state index in [0.717, 1.165) is 5.69 Å². The summed E-state index contributed by atoms with van der Waals surface area (Å²) in [6.07, 6.45) is 0. The van der Waals surface area contributed by atoms with Crippen LogP contribution in [0.3, 0.4) is 0 Å². The van der Waals surface area contributed by atoms with Gasteiger partial charge in [-0.3, -0.25) is 10.1 Å². The summed E-state index contributed by atoms with van der Waals surface area (Å²) in [7, 11) is 1.26. The van der Waals surface area contributed by atoms with Crippen LogP contribution in [0.4, 0.5) is 17.1 Å². The predicted molar refractivity (Wildman–Crippen MR) is 72.0 cm³/mol. The zero-order valence-corrected chi connectivity index (χ0v) is 10.8. The van der Waals surface area contributed by atoms with Crippen LogP contribution in [0.25, 0.3) is 0 Å². The van der Waals surface area contributed by atoms with Crippen molar-refractivity contribution < 1.29 is 14.5 Å². The van der Waals surface area contributed by atoms with Gasteiger partial charge in [-0.1, -0.05) is 0 Å². The second kappa shape index (κ2) is 5.49. The number of hydrogen-bond acceptors (Lipinski definition) is 6. The summed E-state index contributed by atoms with van der Waals surface area (Å²) in [5, 5.41) is 17.5. The molecule has 0 unspecified atom stereocenters. The molecule has 19 heavy (non-hydrogen) atoms. The number of esters is 1. The Bertz CT molecular complexity index is 610. The zero-order valence-electron chi connectivity index (χ0n) is 9.95. The van der Waals surface area contributed by atoms with Gasteiger partial charge in [-0.05, 0) is 23.6 Å². The number of carbonyl (C=O) groups is 1. The van der Waals surface area contributed by atoms with Crippen LogP contribution in [0, 0.1) is 10.1 Å². The average Bonchev–Trinajstić information content (AvgIpc) is 2.90. The minimum Gasteiger partial charge on any atom is -0.465 e. The smallest absolute Gasteiger partial charge is 0.337 e. The van der Waals surface area contributed by atoms with Crippen molar-refractivity contribution in [2.45, 2.75) is 0 Å². The standard InChI is InChI=1S/C12H10N2O4S/c1-18-12(15)8-2-3-11(14(16)17)10(6-8)13-9-4-5-19-7-9/h2-7,13H,1H3. The van der Waals surface area contributed by atoms with Crippen LogP contribution < -0.4 is 5.32 Å². The molecule has 0 saturated heterocycles. The van der Waals surface area contributed by atoms with Crippen LogP contribution in [0.1, 0.15) is 10.4 Å². The van der Waals surface area contributed by atoms with Gasteiger partial charge < -0.3 is 10.1 Å². The highest BCUT2D eigenvalue weighted by atomic mass is 32.1. The van der Waals surface area contributed by atoms with Gasteiger partial charge in [0.1, 0.15) is 5.69 Å². The fraction of sp³-hybridized carbons (Fsp3) is 0.0833. The van der Waals surface area contributed by atoms with E-state index in [2.05, 4.69) is 10.1 Å². The first kappa shape index (κ1) is 13.0. The Hall–Kier alpha value is -2.41. The Labute approximate surface area is 112 Å². The molecule has 0 saturated carbocycles. The number of carbonyl (C=O) groups excluding carboxylic acids is 1. The molecule has 0 atom stereocenters. The third-order valence-electron chi connectivity index (χ3n) is 2.41. The number of methoxy groups -OCH3 is 1. The molecule has 1 heterocycles. The van der Waals surface area contributed by atoms with Gasteiger partial charge in [0.15, 0.2) is 0 Å². The monoisotopic (exact) mass is 278 g/mol. The van der Waals surface area contributed by atoms with Gasteiger partial charge in [0.25, 0.3) is 5.69 Å². The van der Waals surface area contributed by atoms with E-state index in [1.165, 1.54) is 36.6 Å². The van der Waals surface area contributed by atoms with Gasteiger partial charge in [-0.15, -0.1) is 0 Å². The van der Waals surface area contributed by atoms with Crippen molar-refractivity contribution in [3.8, 4) is 0 Å². The van der Waals surface area contributed by atoms with Gasteiger partial charge in [0.05, 0.1) is 17.6 Å². The summed E-state index contributed by atoms with van der Waals surface area (Å²) < 4.78 is 4.59. The van der Waals surface area contributed by atoms with Crippen LogP contribution >= 0.6 is 11.3 Å². The van der Waals surface area contributed by atoms with Crippen LogP contribution in [-0.2, 0) is 4.74 Å². The molecule has 0 aliphatic carbocycles. The fourth-order valence-corrected chi connectivity index (χ4v) is 2.12.